The fourth-order valence-corrected chi connectivity index (χ4v) is 1.71. The number of nitrogens with zero attached hydrogens (tertiary/aromatic N) is 1. The first-order valence-corrected chi connectivity index (χ1v) is 6.51. The van der Waals surface area contributed by atoms with Crippen LogP contribution in [0.5, 0.6) is 0 Å². The molecule has 0 spiro atoms. The van der Waals surface area contributed by atoms with Gasteiger partial charge in [0, 0.05) is 16.9 Å². The molecule has 1 aromatic carbocycles. The van der Waals surface area contributed by atoms with Gasteiger partial charge in [-0.05, 0) is 18.6 Å². The van der Waals surface area contributed by atoms with Gasteiger partial charge in [0.25, 0.3) is 0 Å². The second-order valence-electron chi connectivity index (χ2n) is 3.60. The third-order valence-electron chi connectivity index (χ3n) is 2.34. The molecule has 3 nitrogen and oxygen atoms in total. The number of fused-ring (bicyclic) bond motifs is 1. The number of ether oxygens (including phenoxy) is 1. The first-order valence-electron chi connectivity index (χ1n) is 5.39. The molecule has 88 valence electrons. The van der Waals surface area contributed by atoms with E-state index < -0.39 is 0 Å². The molecule has 0 saturated carbocycles. The van der Waals surface area contributed by atoms with Gasteiger partial charge in [0.05, 0.1) is 17.7 Å². The molecule has 1 heterocycles. The largest absolute Gasteiger partial charge is 0.462 e. The summed E-state index contributed by atoms with van der Waals surface area (Å²) in [6, 6.07) is 9.49. The number of para-hydroxylation sites is 1. The van der Waals surface area contributed by atoms with Gasteiger partial charge in [-0.2, -0.15) is 0 Å². The highest BCUT2D eigenvalue weighted by Crippen LogP contribution is 2.13. The predicted octanol–water partition coefficient (Wildman–Crippen LogP) is 3.18. The SMILES string of the molecule is O=C(OCCCBr)c1cnc2ccccc2c1. The molecule has 17 heavy (non-hydrogen) atoms. The summed E-state index contributed by atoms with van der Waals surface area (Å²) in [6.45, 7) is 0.427. The second-order valence-corrected chi connectivity index (χ2v) is 4.39. The molecule has 0 unspecified atom stereocenters. The van der Waals surface area contributed by atoms with Crippen LogP contribution in [0, 0.1) is 0 Å². The van der Waals surface area contributed by atoms with Crippen molar-refractivity contribution < 1.29 is 9.53 Å². The molecule has 0 radical (unpaired) electrons. The average molecular weight is 294 g/mol. The number of carbonyl (C=O) groups is 1. The summed E-state index contributed by atoms with van der Waals surface area (Å²) in [4.78, 5) is 15.9. The molecule has 1 aromatic heterocycles. The van der Waals surface area contributed by atoms with Gasteiger partial charge in [-0.3, -0.25) is 4.98 Å². The van der Waals surface area contributed by atoms with E-state index in [1.54, 1.807) is 12.3 Å². The van der Waals surface area contributed by atoms with Gasteiger partial charge < -0.3 is 4.74 Å². The summed E-state index contributed by atoms with van der Waals surface area (Å²) in [5.74, 6) is -0.316. The van der Waals surface area contributed by atoms with Crippen molar-refractivity contribution in [3.63, 3.8) is 0 Å². The zero-order valence-corrected chi connectivity index (χ0v) is 10.8. The number of carbonyl (C=O) groups excluding carboxylic acids is 1. The van der Waals surface area contributed by atoms with Crippen LogP contribution in [-0.4, -0.2) is 22.9 Å². The number of halogens is 1. The zero-order chi connectivity index (χ0) is 12.1. The van der Waals surface area contributed by atoms with E-state index in [1.165, 1.54) is 0 Å². The van der Waals surface area contributed by atoms with Crippen LogP contribution in [0.25, 0.3) is 10.9 Å². The highest BCUT2D eigenvalue weighted by Gasteiger charge is 2.08. The van der Waals surface area contributed by atoms with Crippen LogP contribution in [0.2, 0.25) is 0 Å². The van der Waals surface area contributed by atoms with Crippen molar-refractivity contribution >= 4 is 32.8 Å². The molecular formula is C13H12BrNO2. The van der Waals surface area contributed by atoms with E-state index in [0.29, 0.717) is 12.2 Å². The van der Waals surface area contributed by atoms with Crippen molar-refractivity contribution in [1.82, 2.24) is 4.98 Å². The normalized spacial score (nSPS) is 10.4. The Labute approximate surface area is 108 Å². The van der Waals surface area contributed by atoms with Crippen LogP contribution in [0.3, 0.4) is 0 Å². The molecule has 4 heteroatoms. The summed E-state index contributed by atoms with van der Waals surface area (Å²) in [5.41, 5.74) is 1.38. The van der Waals surface area contributed by atoms with E-state index in [1.807, 2.05) is 24.3 Å². The number of rotatable bonds is 4. The van der Waals surface area contributed by atoms with Crippen LogP contribution >= 0.6 is 15.9 Å². The fourth-order valence-electron chi connectivity index (χ4n) is 1.49. The second kappa shape index (κ2) is 5.77. The Bertz CT molecular complexity index is 528. The first-order chi connectivity index (χ1) is 8.31. The maximum atomic E-state index is 11.7. The average Bonchev–Trinajstić information content (AvgIpc) is 2.38. The molecule has 0 amide bonds. The van der Waals surface area contributed by atoms with E-state index >= 15 is 0 Å². The summed E-state index contributed by atoms with van der Waals surface area (Å²) in [5, 5.41) is 1.78. The summed E-state index contributed by atoms with van der Waals surface area (Å²) in [7, 11) is 0. The molecule has 0 fully saturated rings. The number of aromatic nitrogens is 1. The molecule has 0 aliphatic heterocycles. The van der Waals surface area contributed by atoms with E-state index in [4.69, 9.17) is 4.74 Å². The molecule has 2 aromatic rings. The standard InChI is InChI=1S/C13H12BrNO2/c14-6-3-7-17-13(16)11-8-10-4-1-2-5-12(10)15-9-11/h1-2,4-5,8-9H,3,6-7H2. The first kappa shape index (κ1) is 12.0. The maximum Gasteiger partial charge on any atom is 0.339 e. The topological polar surface area (TPSA) is 39.2 Å². The number of hydrogen-bond donors (Lipinski definition) is 0. The highest BCUT2D eigenvalue weighted by atomic mass is 79.9. The van der Waals surface area contributed by atoms with Crippen LogP contribution < -0.4 is 0 Å². The minimum absolute atomic E-state index is 0.316. The molecule has 2 rings (SSSR count). The predicted molar refractivity (Wildman–Crippen MR) is 70.4 cm³/mol. The van der Waals surface area contributed by atoms with Gasteiger partial charge in [-0.15, -0.1) is 0 Å². The highest BCUT2D eigenvalue weighted by molar-refractivity contribution is 9.09. The third kappa shape index (κ3) is 3.03. The Hall–Kier alpha value is -1.42. The van der Waals surface area contributed by atoms with Crippen molar-refractivity contribution in [3.8, 4) is 0 Å². The smallest absolute Gasteiger partial charge is 0.339 e. The van der Waals surface area contributed by atoms with Crippen LogP contribution in [0.1, 0.15) is 16.8 Å². The summed E-state index contributed by atoms with van der Waals surface area (Å²) >= 11 is 3.28. The van der Waals surface area contributed by atoms with Crippen molar-refractivity contribution in [3.05, 3.63) is 42.1 Å². The van der Waals surface area contributed by atoms with Gasteiger partial charge in [0.2, 0.25) is 0 Å². The molecular weight excluding hydrogens is 282 g/mol. The number of hydrogen-bond acceptors (Lipinski definition) is 3. The Balaban J connectivity index is 2.15. The van der Waals surface area contributed by atoms with Crippen molar-refractivity contribution in [2.45, 2.75) is 6.42 Å². The molecule has 0 N–H and O–H groups in total. The Kier molecular flexibility index (Phi) is 4.09. The molecule has 0 atom stereocenters. The quantitative estimate of drug-likeness (QED) is 0.494. The van der Waals surface area contributed by atoms with Gasteiger partial charge in [-0.1, -0.05) is 34.1 Å². The zero-order valence-electron chi connectivity index (χ0n) is 9.23. The van der Waals surface area contributed by atoms with Crippen molar-refractivity contribution in [2.24, 2.45) is 0 Å². The number of pyridine rings is 1. The van der Waals surface area contributed by atoms with E-state index in [0.717, 1.165) is 22.7 Å². The van der Waals surface area contributed by atoms with Crippen molar-refractivity contribution in [1.29, 1.82) is 0 Å². The van der Waals surface area contributed by atoms with Gasteiger partial charge in [-0.25, -0.2) is 4.79 Å². The molecule has 0 bridgehead atoms. The maximum absolute atomic E-state index is 11.7. The van der Waals surface area contributed by atoms with Crippen LogP contribution in [0.4, 0.5) is 0 Å². The molecule has 0 aliphatic carbocycles. The van der Waals surface area contributed by atoms with E-state index in [-0.39, 0.29) is 5.97 Å². The van der Waals surface area contributed by atoms with Crippen molar-refractivity contribution in [2.75, 3.05) is 11.9 Å². The lowest BCUT2D eigenvalue weighted by Gasteiger charge is -2.04. The van der Waals surface area contributed by atoms with Gasteiger partial charge >= 0.3 is 5.97 Å². The van der Waals surface area contributed by atoms with Gasteiger partial charge in [0.15, 0.2) is 0 Å². The minimum Gasteiger partial charge on any atom is -0.462 e. The Morgan fingerprint density at radius 2 is 2.18 bits per heavy atom. The minimum atomic E-state index is -0.316. The monoisotopic (exact) mass is 293 g/mol. The number of benzene rings is 1. The Morgan fingerprint density at radius 1 is 1.35 bits per heavy atom. The number of esters is 1. The van der Waals surface area contributed by atoms with E-state index in [9.17, 15) is 4.79 Å². The van der Waals surface area contributed by atoms with E-state index in [2.05, 4.69) is 20.9 Å². The van der Waals surface area contributed by atoms with Crippen LogP contribution in [-0.2, 0) is 4.74 Å². The summed E-state index contributed by atoms with van der Waals surface area (Å²) < 4.78 is 5.11. The van der Waals surface area contributed by atoms with Gasteiger partial charge in [0.1, 0.15) is 0 Å². The molecule has 0 aliphatic rings. The third-order valence-corrected chi connectivity index (χ3v) is 2.90. The fraction of sp³-hybridized carbons (Fsp3) is 0.231. The number of alkyl halides is 1. The lowest BCUT2D eigenvalue weighted by molar-refractivity contribution is 0.0506. The summed E-state index contributed by atoms with van der Waals surface area (Å²) in [6.07, 6.45) is 2.37. The molecule has 0 saturated heterocycles. The lowest BCUT2D eigenvalue weighted by Crippen LogP contribution is -2.07. The van der Waals surface area contributed by atoms with Crippen LogP contribution in [0.15, 0.2) is 36.5 Å². The lowest BCUT2D eigenvalue weighted by atomic mass is 10.1. The Morgan fingerprint density at radius 3 is 3.00 bits per heavy atom.